The molecule has 102 valence electrons. The van der Waals surface area contributed by atoms with Crippen molar-refractivity contribution >= 4 is 23.5 Å². The van der Waals surface area contributed by atoms with Gasteiger partial charge in [0.25, 0.3) is 0 Å². The second-order valence-corrected chi connectivity index (χ2v) is 5.36. The first kappa shape index (κ1) is 13.7. The predicted octanol–water partition coefficient (Wildman–Crippen LogP) is 2.56. The molecular weight excluding hydrogens is 262 g/mol. The summed E-state index contributed by atoms with van der Waals surface area (Å²) in [5, 5.41) is 3.82. The van der Waals surface area contributed by atoms with Crippen molar-refractivity contribution < 1.29 is 9.53 Å². The summed E-state index contributed by atoms with van der Waals surface area (Å²) < 4.78 is 7.01. The number of hydrogen-bond donors (Lipinski definition) is 1. The van der Waals surface area contributed by atoms with Gasteiger partial charge in [0, 0.05) is 24.7 Å². The first-order valence-electron chi connectivity index (χ1n) is 6.16. The summed E-state index contributed by atoms with van der Waals surface area (Å²) in [4.78, 5) is 15.5. The van der Waals surface area contributed by atoms with E-state index in [9.17, 15) is 4.79 Å². The Hall–Kier alpha value is -1.69. The SMILES string of the molecule is CC(C)OC(=O)NCCSc1cccc2nccn12. The summed E-state index contributed by atoms with van der Waals surface area (Å²) in [6.45, 7) is 4.23. The lowest BCUT2D eigenvalue weighted by Crippen LogP contribution is -2.28. The molecule has 0 radical (unpaired) electrons. The average Bonchev–Trinajstić information content (AvgIpc) is 2.82. The van der Waals surface area contributed by atoms with Crippen LogP contribution in [0.15, 0.2) is 35.6 Å². The second-order valence-electron chi connectivity index (χ2n) is 4.25. The van der Waals surface area contributed by atoms with Crippen LogP contribution < -0.4 is 5.32 Å². The highest BCUT2D eigenvalue weighted by molar-refractivity contribution is 7.99. The normalized spacial score (nSPS) is 10.9. The van der Waals surface area contributed by atoms with Gasteiger partial charge >= 0.3 is 6.09 Å². The van der Waals surface area contributed by atoms with Crippen LogP contribution in [0.2, 0.25) is 0 Å². The molecule has 0 atom stereocenters. The number of imidazole rings is 1. The molecule has 6 heteroatoms. The molecule has 5 nitrogen and oxygen atoms in total. The minimum atomic E-state index is -0.364. The van der Waals surface area contributed by atoms with E-state index in [1.54, 1.807) is 18.0 Å². The van der Waals surface area contributed by atoms with Crippen LogP contribution in [0.25, 0.3) is 5.65 Å². The number of amides is 1. The van der Waals surface area contributed by atoms with Crippen molar-refractivity contribution in [2.75, 3.05) is 12.3 Å². The minimum Gasteiger partial charge on any atom is -0.447 e. The van der Waals surface area contributed by atoms with E-state index >= 15 is 0 Å². The van der Waals surface area contributed by atoms with E-state index < -0.39 is 0 Å². The van der Waals surface area contributed by atoms with Crippen LogP contribution in [0.3, 0.4) is 0 Å². The van der Waals surface area contributed by atoms with Gasteiger partial charge in [-0.3, -0.25) is 4.40 Å². The van der Waals surface area contributed by atoms with Gasteiger partial charge in [0.2, 0.25) is 0 Å². The van der Waals surface area contributed by atoms with Crippen LogP contribution in [0.1, 0.15) is 13.8 Å². The first-order valence-corrected chi connectivity index (χ1v) is 7.15. The highest BCUT2D eigenvalue weighted by atomic mass is 32.2. The van der Waals surface area contributed by atoms with Crippen LogP contribution in [0.5, 0.6) is 0 Å². The van der Waals surface area contributed by atoms with E-state index in [1.165, 1.54) is 0 Å². The van der Waals surface area contributed by atoms with Crippen molar-refractivity contribution in [2.24, 2.45) is 0 Å². The third-order valence-corrected chi connectivity index (χ3v) is 3.39. The van der Waals surface area contributed by atoms with Gasteiger partial charge in [0.05, 0.1) is 11.1 Å². The Morgan fingerprint density at radius 3 is 3.16 bits per heavy atom. The molecule has 2 rings (SSSR count). The molecule has 0 aromatic carbocycles. The molecule has 0 fully saturated rings. The number of thioether (sulfide) groups is 1. The molecular formula is C13H17N3O2S. The number of hydrogen-bond acceptors (Lipinski definition) is 4. The molecule has 2 heterocycles. The molecule has 2 aromatic rings. The summed E-state index contributed by atoms with van der Waals surface area (Å²) in [6, 6.07) is 5.97. The lowest BCUT2D eigenvalue weighted by atomic mass is 10.5. The summed E-state index contributed by atoms with van der Waals surface area (Å²) in [6.07, 6.45) is 3.25. The van der Waals surface area contributed by atoms with Crippen molar-refractivity contribution in [1.82, 2.24) is 14.7 Å². The van der Waals surface area contributed by atoms with Gasteiger partial charge in [-0.15, -0.1) is 11.8 Å². The molecule has 19 heavy (non-hydrogen) atoms. The van der Waals surface area contributed by atoms with Crippen LogP contribution in [0.4, 0.5) is 4.79 Å². The van der Waals surface area contributed by atoms with E-state index in [0.29, 0.717) is 6.54 Å². The Bertz CT molecular complexity index is 554. The molecule has 0 spiro atoms. The van der Waals surface area contributed by atoms with Gasteiger partial charge in [-0.05, 0) is 26.0 Å². The largest absolute Gasteiger partial charge is 0.447 e. The fraction of sp³-hybridized carbons (Fsp3) is 0.385. The monoisotopic (exact) mass is 279 g/mol. The minimum absolute atomic E-state index is 0.0904. The fourth-order valence-electron chi connectivity index (χ4n) is 1.60. The summed E-state index contributed by atoms with van der Waals surface area (Å²) in [7, 11) is 0. The molecule has 0 aliphatic heterocycles. The zero-order chi connectivity index (χ0) is 13.7. The van der Waals surface area contributed by atoms with Crippen LogP contribution in [-0.4, -0.2) is 33.9 Å². The van der Waals surface area contributed by atoms with Crippen molar-refractivity contribution in [3.63, 3.8) is 0 Å². The molecule has 0 unspecified atom stereocenters. The van der Waals surface area contributed by atoms with Gasteiger partial charge in [0.1, 0.15) is 5.65 Å². The number of fused-ring (bicyclic) bond motifs is 1. The highest BCUT2D eigenvalue weighted by Crippen LogP contribution is 2.18. The van der Waals surface area contributed by atoms with E-state index in [-0.39, 0.29) is 12.2 Å². The third kappa shape index (κ3) is 3.89. The van der Waals surface area contributed by atoms with Gasteiger partial charge in [-0.2, -0.15) is 0 Å². The number of aromatic nitrogens is 2. The molecule has 0 aliphatic carbocycles. The Morgan fingerprint density at radius 2 is 2.37 bits per heavy atom. The standard InChI is InChI=1S/C13H17N3O2S/c1-10(2)18-13(17)15-7-9-19-12-5-3-4-11-14-6-8-16(11)12/h3-6,8,10H,7,9H2,1-2H3,(H,15,17). The summed E-state index contributed by atoms with van der Waals surface area (Å²) >= 11 is 1.67. The maximum absolute atomic E-state index is 11.3. The van der Waals surface area contributed by atoms with Gasteiger partial charge < -0.3 is 10.1 Å². The Balaban J connectivity index is 1.80. The fourth-order valence-corrected chi connectivity index (χ4v) is 2.49. The number of pyridine rings is 1. The van der Waals surface area contributed by atoms with E-state index in [4.69, 9.17) is 4.74 Å². The molecule has 0 aliphatic rings. The van der Waals surface area contributed by atoms with E-state index in [2.05, 4.69) is 10.3 Å². The first-order chi connectivity index (χ1) is 9.16. The van der Waals surface area contributed by atoms with Crippen molar-refractivity contribution in [2.45, 2.75) is 25.0 Å². The van der Waals surface area contributed by atoms with Gasteiger partial charge in [0.15, 0.2) is 0 Å². The highest BCUT2D eigenvalue weighted by Gasteiger charge is 2.04. The predicted molar refractivity (Wildman–Crippen MR) is 75.5 cm³/mol. The quantitative estimate of drug-likeness (QED) is 0.675. The number of ether oxygens (including phenoxy) is 1. The number of rotatable bonds is 5. The van der Waals surface area contributed by atoms with Crippen LogP contribution in [0, 0.1) is 0 Å². The maximum atomic E-state index is 11.3. The molecule has 0 saturated carbocycles. The lowest BCUT2D eigenvalue weighted by molar-refractivity contribution is 0.116. The Kier molecular flexibility index (Phi) is 4.68. The molecule has 1 amide bonds. The Labute approximate surface area is 116 Å². The molecule has 0 saturated heterocycles. The number of nitrogens with one attached hydrogen (secondary N) is 1. The zero-order valence-electron chi connectivity index (χ0n) is 11.0. The molecule has 1 N–H and O–H groups in total. The zero-order valence-corrected chi connectivity index (χ0v) is 11.8. The smallest absolute Gasteiger partial charge is 0.407 e. The summed E-state index contributed by atoms with van der Waals surface area (Å²) in [5.74, 6) is 0.782. The van der Waals surface area contributed by atoms with Crippen LogP contribution in [-0.2, 0) is 4.74 Å². The third-order valence-electron chi connectivity index (χ3n) is 2.35. The summed E-state index contributed by atoms with van der Waals surface area (Å²) in [5.41, 5.74) is 0.928. The molecule has 0 bridgehead atoms. The second kappa shape index (κ2) is 6.47. The maximum Gasteiger partial charge on any atom is 0.407 e. The van der Waals surface area contributed by atoms with Crippen molar-refractivity contribution in [1.29, 1.82) is 0 Å². The van der Waals surface area contributed by atoms with Crippen molar-refractivity contribution in [3.05, 3.63) is 30.6 Å². The number of alkyl carbamates (subject to hydrolysis) is 1. The lowest BCUT2D eigenvalue weighted by Gasteiger charge is -2.09. The van der Waals surface area contributed by atoms with E-state index in [1.807, 2.05) is 42.6 Å². The van der Waals surface area contributed by atoms with Crippen molar-refractivity contribution in [3.8, 4) is 0 Å². The van der Waals surface area contributed by atoms with Gasteiger partial charge in [-0.25, -0.2) is 9.78 Å². The number of carbonyl (C=O) groups is 1. The topological polar surface area (TPSA) is 55.6 Å². The molecule has 2 aromatic heterocycles. The average molecular weight is 279 g/mol. The van der Waals surface area contributed by atoms with E-state index in [0.717, 1.165) is 16.4 Å². The number of carbonyl (C=O) groups excluding carboxylic acids is 1. The number of nitrogens with zero attached hydrogens (tertiary/aromatic N) is 2. The van der Waals surface area contributed by atoms with Gasteiger partial charge in [-0.1, -0.05) is 6.07 Å². The van der Waals surface area contributed by atoms with Crippen LogP contribution >= 0.6 is 11.8 Å². The Morgan fingerprint density at radius 1 is 1.53 bits per heavy atom.